The molecule has 120 valence electrons. The highest BCUT2D eigenvalue weighted by atomic mass is 32.2. The van der Waals surface area contributed by atoms with Crippen molar-refractivity contribution < 1.29 is 18.3 Å². The summed E-state index contributed by atoms with van der Waals surface area (Å²) in [5.74, 6) is 0.836. The molecule has 1 heterocycles. The highest BCUT2D eigenvalue weighted by molar-refractivity contribution is 8.00. The predicted molar refractivity (Wildman–Crippen MR) is 82.0 cm³/mol. The van der Waals surface area contributed by atoms with Gasteiger partial charge in [0.25, 0.3) is 0 Å². The smallest absolute Gasteiger partial charge is 0.387 e. The van der Waals surface area contributed by atoms with Gasteiger partial charge in [0.05, 0.1) is 5.75 Å². The summed E-state index contributed by atoms with van der Waals surface area (Å²) >= 11 is 1.61. The number of carbonyl (C=O) groups excluding carboxylic acids is 1. The number of carbonyl (C=O) groups is 1. The molecular weight excluding hydrogens is 308 g/mol. The molecule has 22 heavy (non-hydrogen) atoms. The van der Waals surface area contributed by atoms with Crippen LogP contribution in [-0.4, -0.2) is 29.2 Å². The summed E-state index contributed by atoms with van der Waals surface area (Å²) in [6, 6.07) is 6.97. The lowest BCUT2D eigenvalue weighted by molar-refractivity contribution is -0.131. The van der Waals surface area contributed by atoms with Crippen molar-refractivity contribution in [3.05, 3.63) is 29.8 Å². The average molecular weight is 327 g/mol. The molecule has 1 atom stereocenters. The molecule has 6 heteroatoms. The molecule has 1 unspecified atom stereocenters. The summed E-state index contributed by atoms with van der Waals surface area (Å²) in [6.45, 7) is -2.81. The number of thioether (sulfide) groups is 1. The number of hydrogen-bond acceptors (Lipinski definition) is 3. The quantitative estimate of drug-likeness (QED) is 0.830. The number of amides is 1. The highest BCUT2D eigenvalue weighted by Crippen LogP contribution is 2.42. The second kappa shape index (κ2) is 6.86. The van der Waals surface area contributed by atoms with Crippen LogP contribution in [0.3, 0.4) is 0 Å². The fourth-order valence-corrected chi connectivity index (χ4v) is 4.51. The molecule has 2 aliphatic rings. The van der Waals surface area contributed by atoms with Gasteiger partial charge in [-0.25, -0.2) is 0 Å². The first kappa shape index (κ1) is 15.6. The SMILES string of the molecule is O=C1CSC(c2ccc(OC(F)F)cc2)N1C1CCCCC1. The molecule has 2 fully saturated rings. The van der Waals surface area contributed by atoms with Crippen LogP contribution in [0.15, 0.2) is 24.3 Å². The topological polar surface area (TPSA) is 29.5 Å². The Hall–Kier alpha value is -1.30. The zero-order valence-electron chi connectivity index (χ0n) is 12.2. The molecular formula is C16H19F2NO2S. The van der Waals surface area contributed by atoms with Crippen LogP contribution in [0.5, 0.6) is 5.75 Å². The second-order valence-corrected chi connectivity index (χ2v) is 6.77. The van der Waals surface area contributed by atoms with E-state index in [-0.39, 0.29) is 17.0 Å². The fraction of sp³-hybridized carbons (Fsp3) is 0.562. The second-order valence-electron chi connectivity index (χ2n) is 5.70. The molecule has 0 bridgehead atoms. The molecule has 1 saturated carbocycles. The first-order valence-corrected chi connectivity index (χ1v) is 8.67. The minimum Gasteiger partial charge on any atom is -0.435 e. The minimum atomic E-state index is -2.81. The van der Waals surface area contributed by atoms with Gasteiger partial charge in [-0.3, -0.25) is 4.79 Å². The molecule has 0 radical (unpaired) electrons. The normalized spacial score (nSPS) is 23.3. The first-order chi connectivity index (χ1) is 10.6. The molecule has 1 aromatic carbocycles. The van der Waals surface area contributed by atoms with E-state index in [0.29, 0.717) is 11.8 Å². The molecule has 1 amide bonds. The van der Waals surface area contributed by atoms with Crippen LogP contribution < -0.4 is 4.74 Å². The lowest BCUT2D eigenvalue weighted by Crippen LogP contribution is -2.39. The van der Waals surface area contributed by atoms with Crippen LogP contribution >= 0.6 is 11.8 Å². The van der Waals surface area contributed by atoms with Crippen molar-refractivity contribution >= 4 is 17.7 Å². The third-order valence-corrected chi connectivity index (χ3v) is 5.49. The van der Waals surface area contributed by atoms with Crippen molar-refractivity contribution in [2.45, 2.75) is 50.1 Å². The van der Waals surface area contributed by atoms with Gasteiger partial charge in [0, 0.05) is 6.04 Å². The van der Waals surface area contributed by atoms with Crippen LogP contribution in [0.2, 0.25) is 0 Å². The zero-order chi connectivity index (χ0) is 15.5. The molecule has 1 aliphatic heterocycles. The molecule has 3 nitrogen and oxygen atoms in total. The van der Waals surface area contributed by atoms with E-state index in [9.17, 15) is 13.6 Å². The number of halogens is 2. The lowest BCUT2D eigenvalue weighted by atomic mass is 9.93. The molecule has 0 N–H and O–H groups in total. The standard InChI is InChI=1S/C16H19F2NO2S/c17-16(18)21-13-8-6-11(7-9-13)15-19(14(20)10-22-15)12-4-2-1-3-5-12/h6-9,12,15-16H,1-5,10H2. The summed E-state index contributed by atoms with van der Waals surface area (Å²) in [5.41, 5.74) is 0.975. The molecule has 1 saturated heterocycles. The van der Waals surface area contributed by atoms with Crippen molar-refractivity contribution in [1.82, 2.24) is 4.90 Å². The van der Waals surface area contributed by atoms with Crippen molar-refractivity contribution in [3.63, 3.8) is 0 Å². The summed E-state index contributed by atoms with van der Waals surface area (Å²) in [6.07, 6.45) is 5.72. The number of alkyl halides is 2. The maximum absolute atomic E-state index is 12.3. The van der Waals surface area contributed by atoms with E-state index >= 15 is 0 Å². The van der Waals surface area contributed by atoms with E-state index in [1.54, 1.807) is 36.0 Å². The molecule has 1 aromatic rings. The van der Waals surface area contributed by atoms with Gasteiger partial charge in [-0.2, -0.15) is 8.78 Å². The maximum Gasteiger partial charge on any atom is 0.387 e. The van der Waals surface area contributed by atoms with Crippen molar-refractivity contribution in [2.75, 3.05) is 5.75 Å². The van der Waals surface area contributed by atoms with Crippen LogP contribution in [0.25, 0.3) is 0 Å². The monoisotopic (exact) mass is 327 g/mol. The lowest BCUT2D eigenvalue weighted by Gasteiger charge is -2.35. The third kappa shape index (κ3) is 3.37. The molecule has 1 aliphatic carbocycles. The van der Waals surface area contributed by atoms with Crippen molar-refractivity contribution in [2.24, 2.45) is 0 Å². The van der Waals surface area contributed by atoms with Crippen molar-refractivity contribution in [3.8, 4) is 5.75 Å². The van der Waals surface area contributed by atoms with Gasteiger partial charge in [0.15, 0.2) is 0 Å². The van der Waals surface area contributed by atoms with E-state index in [0.717, 1.165) is 18.4 Å². The Morgan fingerprint density at radius 1 is 1.14 bits per heavy atom. The summed E-state index contributed by atoms with van der Waals surface area (Å²) in [5, 5.41) is -0.00352. The minimum absolute atomic E-state index is 0.00352. The molecule has 3 rings (SSSR count). The summed E-state index contributed by atoms with van der Waals surface area (Å²) in [7, 11) is 0. The largest absolute Gasteiger partial charge is 0.435 e. The van der Waals surface area contributed by atoms with Crippen molar-refractivity contribution in [1.29, 1.82) is 0 Å². The van der Waals surface area contributed by atoms with E-state index in [1.807, 2.05) is 4.90 Å². The van der Waals surface area contributed by atoms with E-state index in [4.69, 9.17) is 0 Å². The molecule has 0 aromatic heterocycles. The fourth-order valence-electron chi connectivity index (χ4n) is 3.26. The van der Waals surface area contributed by atoms with Gasteiger partial charge in [0.1, 0.15) is 11.1 Å². The third-order valence-electron chi connectivity index (χ3n) is 4.26. The Morgan fingerprint density at radius 2 is 1.82 bits per heavy atom. The van der Waals surface area contributed by atoms with E-state index < -0.39 is 6.61 Å². The Balaban J connectivity index is 1.75. The van der Waals surface area contributed by atoms with Crippen LogP contribution in [0.4, 0.5) is 8.78 Å². The van der Waals surface area contributed by atoms with Gasteiger partial charge < -0.3 is 9.64 Å². The van der Waals surface area contributed by atoms with Crippen LogP contribution in [0.1, 0.15) is 43.0 Å². The predicted octanol–water partition coefficient (Wildman–Crippen LogP) is 4.19. The first-order valence-electron chi connectivity index (χ1n) is 7.62. The number of ether oxygens (including phenoxy) is 1. The average Bonchev–Trinajstić information content (AvgIpc) is 2.90. The Labute approximate surface area is 133 Å². The number of hydrogen-bond donors (Lipinski definition) is 0. The van der Waals surface area contributed by atoms with Gasteiger partial charge in [-0.15, -0.1) is 11.8 Å². The highest BCUT2D eigenvalue weighted by Gasteiger charge is 2.37. The Kier molecular flexibility index (Phi) is 4.86. The molecule has 0 spiro atoms. The van der Waals surface area contributed by atoms with E-state index in [2.05, 4.69) is 4.74 Å². The van der Waals surface area contributed by atoms with Gasteiger partial charge in [-0.1, -0.05) is 31.4 Å². The van der Waals surface area contributed by atoms with Gasteiger partial charge in [-0.05, 0) is 30.5 Å². The number of rotatable bonds is 4. The van der Waals surface area contributed by atoms with Gasteiger partial charge in [0.2, 0.25) is 5.91 Å². The Bertz CT molecular complexity index is 517. The summed E-state index contributed by atoms with van der Waals surface area (Å²) < 4.78 is 28.8. The maximum atomic E-state index is 12.3. The van der Waals surface area contributed by atoms with E-state index in [1.165, 1.54) is 19.3 Å². The number of nitrogens with zero attached hydrogens (tertiary/aromatic N) is 1. The van der Waals surface area contributed by atoms with Crippen LogP contribution in [0, 0.1) is 0 Å². The summed E-state index contributed by atoms with van der Waals surface area (Å²) in [4.78, 5) is 14.3. The Morgan fingerprint density at radius 3 is 2.45 bits per heavy atom. The van der Waals surface area contributed by atoms with Crippen LogP contribution in [-0.2, 0) is 4.79 Å². The number of benzene rings is 1. The zero-order valence-corrected chi connectivity index (χ0v) is 13.0. The van der Waals surface area contributed by atoms with Gasteiger partial charge >= 0.3 is 6.61 Å².